The van der Waals surface area contributed by atoms with Crippen LogP contribution < -0.4 is 0 Å². The Morgan fingerprint density at radius 3 is 2.70 bits per heavy atom. The average molecular weight is 359 g/mol. The lowest BCUT2D eigenvalue weighted by Gasteiger charge is -2.39. The van der Waals surface area contributed by atoms with Crippen LogP contribution in [0.25, 0.3) is 10.9 Å². The molecule has 0 fully saturated rings. The standard InChI is InChI=1S/C23H25N3O/c1-5-17-10-15(2)22-20(8-9-25-22)21(17)23(3,27-4)26-13-18-7-6-16(12-24)11-19(18)14-26/h6-11,25H,5,13-14H2,1-4H3. The van der Waals surface area contributed by atoms with Gasteiger partial charge >= 0.3 is 0 Å². The molecule has 0 amide bonds. The molecule has 1 N–H and O–H groups in total. The summed E-state index contributed by atoms with van der Waals surface area (Å²) in [6, 6.07) is 12.7. The van der Waals surface area contributed by atoms with Gasteiger partial charge in [0.15, 0.2) is 0 Å². The molecule has 27 heavy (non-hydrogen) atoms. The smallest absolute Gasteiger partial charge is 0.146 e. The number of methoxy groups -OCH3 is 1. The van der Waals surface area contributed by atoms with E-state index in [0.29, 0.717) is 5.56 Å². The maximum Gasteiger partial charge on any atom is 0.146 e. The lowest BCUT2D eigenvalue weighted by molar-refractivity contribution is -0.134. The van der Waals surface area contributed by atoms with E-state index in [-0.39, 0.29) is 0 Å². The summed E-state index contributed by atoms with van der Waals surface area (Å²) in [6.07, 6.45) is 2.96. The number of nitrogens with zero attached hydrogens (tertiary/aromatic N) is 2. The number of aromatic amines is 1. The average Bonchev–Trinajstić information content (AvgIpc) is 3.33. The van der Waals surface area contributed by atoms with Gasteiger partial charge < -0.3 is 9.72 Å². The number of ether oxygens (including phenoxy) is 1. The number of H-pyrrole nitrogens is 1. The van der Waals surface area contributed by atoms with Crippen LogP contribution in [0.3, 0.4) is 0 Å². The van der Waals surface area contributed by atoms with Crippen molar-refractivity contribution in [1.29, 1.82) is 5.26 Å². The van der Waals surface area contributed by atoms with Crippen molar-refractivity contribution < 1.29 is 4.74 Å². The van der Waals surface area contributed by atoms with Crippen LogP contribution in [0.5, 0.6) is 0 Å². The molecule has 1 aromatic heterocycles. The number of aryl methyl sites for hydroxylation is 2. The van der Waals surface area contributed by atoms with Gasteiger partial charge in [-0.05, 0) is 60.7 Å². The van der Waals surface area contributed by atoms with Gasteiger partial charge in [-0.3, -0.25) is 4.90 Å². The van der Waals surface area contributed by atoms with Crippen LogP contribution >= 0.6 is 0 Å². The molecule has 1 unspecified atom stereocenters. The number of hydrogen-bond acceptors (Lipinski definition) is 3. The zero-order valence-electron chi connectivity index (χ0n) is 16.4. The molecule has 0 saturated heterocycles. The fraction of sp³-hybridized carbons (Fsp3) is 0.348. The third-order valence-corrected chi connectivity index (χ3v) is 6.03. The Morgan fingerprint density at radius 2 is 2.00 bits per heavy atom. The number of nitrogens with one attached hydrogen (secondary N) is 1. The van der Waals surface area contributed by atoms with Crippen LogP contribution in [0, 0.1) is 18.3 Å². The highest BCUT2D eigenvalue weighted by Crippen LogP contribution is 2.42. The minimum absolute atomic E-state index is 0.550. The first-order valence-corrected chi connectivity index (χ1v) is 9.44. The zero-order chi connectivity index (χ0) is 19.2. The first kappa shape index (κ1) is 17.8. The Labute approximate surface area is 160 Å². The van der Waals surface area contributed by atoms with Gasteiger partial charge in [-0.1, -0.05) is 19.1 Å². The minimum Gasteiger partial charge on any atom is -0.361 e. The van der Waals surface area contributed by atoms with Gasteiger partial charge in [0.1, 0.15) is 5.72 Å². The first-order valence-electron chi connectivity index (χ1n) is 9.44. The van der Waals surface area contributed by atoms with E-state index >= 15 is 0 Å². The molecule has 0 spiro atoms. The lowest BCUT2D eigenvalue weighted by atomic mass is 9.90. The van der Waals surface area contributed by atoms with Crippen molar-refractivity contribution in [3.8, 4) is 6.07 Å². The Bertz CT molecular complexity index is 1060. The highest BCUT2D eigenvalue weighted by Gasteiger charge is 2.40. The molecule has 0 aliphatic carbocycles. The molecular weight excluding hydrogens is 334 g/mol. The summed E-state index contributed by atoms with van der Waals surface area (Å²) in [7, 11) is 1.79. The molecule has 0 bridgehead atoms. The summed E-state index contributed by atoms with van der Waals surface area (Å²) in [5, 5.41) is 10.4. The molecule has 2 aromatic carbocycles. The van der Waals surface area contributed by atoms with Gasteiger partial charge in [0.2, 0.25) is 0 Å². The Hall–Kier alpha value is -2.61. The van der Waals surface area contributed by atoms with Gasteiger partial charge in [0.05, 0.1) is 11.6 Å². The molecule has 1 atom stereocenters. The highest BCUT2D eigenvalue weighted by atomic mass is 16.5. The van der Waals surface area contributed by atoms with Gasteiger partial charge in [-0.2, -0.15) is 5.26 Å². The van der Waals surface area contributed by atoms with E-state index in [2.05, 4.69) is 54.9 Å². The molecule has 138 valence electrons. The molecule has 4 rings (SSSR count). The van der Waals surface area contributed by atoms with E-state index in [1.54, 1.807) is 7.11 Å². The van der Waals surface area contributed by atoms with Gasteiger partial charge in [0.25, 0.3) is 0 Å². The molecule has 4 nitrogen and oxygen atoms in total. The number of aromatic nitrogens is 1. The molecule has 2 heterocycles. The molecule has 1 aliphatic heterocycles. The van der Waals surface area contributed by atoms with Crippen molar-refractivity contribution in [2.24, 2.45) is 0 Å². The summed E-state index contributed by atoms with van der Waals surface area (Å²) in [4.78, 5) is 5.76. The summed E-state index contributed by atoms with van der Waals surface area (Å²) in [6.45, 7) is 8.11. The summed E-state index contributed by atoms with van der Waals surface area (Å²) < 4.78 is 6.20. The van der Waals surface area contributed by atoms with E-state index in [1.165, 1.54) is 38.7 Å². The monoisotopic (exact) mass is 359 g/mol. The Morgan fingerprint density at radius 1 is 1.22 bits per heavy atom. The van der Waals surface area contributed by atoms with Crippen LogP contribution in [-0.4, -0.2) is 17.0 Å². The Balaban J connectivity index is 1.85. The Kier molecular flexibility index (Phi) is 4.30. The second-order valence-electron chi connectivity index (χ2n) is 7.49. The molecule has 1 aliphatic rings. The zero-order valence-corrected chi connectivity index (χ0v) is 16.4. The SMILES string of the molecule is CCc1cc(C)c2[nH]ccc2c1C(C)(OC)N1Cc2ccc(C#N)cc2C1. The topological polar surface area (TPSA) is 52.0 Å². The molecule has 0 saturated carbocycles. The normalized spacial score (nSPS) is 16.3. The van der Waals surface area contributed by atoms with Crippen molar-refractivity contribution in [3.05, 3.63) is 69.9 Å². The quantitative estimate of drug-likeness (QED) is 0.732. The molecule has 3 aromatic rings. The van der Waals surface area contributed by atoms with Crippen LogP contribution in [0.1, 0.15) is 47.2 Å². The maximum atomic E-state index is 9.22. The first-order chi connectivity index (χ1) is 13.0. The van der Waals surface area contributed by atoms with E-state index in [0.717, 1.165) is 19.5 Å². The third kappa shape index (κ3) is 2.66. The lowest BCUT2D eigenvalue weighted by Crippen LogP contribution is -2.43. The molecular formula is C23H25N3O. The van der Waals surface area contributed by atoms with E-state index < -0.39 is 5.72 Å². The highest BCUT2D eigenvalue weighted by molar-refractivity contribution is 5.88. The second kappa shape index (κ2) is 6.53. The van der Waals surface area contributed by atoms with Crippen molar-refractivity contribution in [2.45, 2.75) is 46.0 Å². The van der Waals surface area contributed by atoms with Gasteiger partial charge in [-0.15, -0.1) is 0 Å². The van der Waals surface area contributed by atoms with Crippen LogP contribution in [0.2, 0.25) is 0 Å². The van der Waals surface area contributed by atoms with E-state index in [1.807, 2.05) is 18.3 Å². The largest absolute Gasteiger partial charge is 0.361 e. The maximum absolute atomic E-state index is 9.22. The summed E-state index contributed by atoms with van der Waals surface area (Å²) in [5.74, 6) is 0. The number of nitriles is 1. The fourth-order valence-electron chi connectivity index (χ4n) is 4.46. The van der Waals surface area contributed by atoms with Crippen molar-refractivity contribution >= 4 is 10.9 Å². The second-order valence-corrected chi connectivity index (χ2v) is 7.49. The summed E-state index contributed by atoms with van der Waals surface area (Å²) >= 11 is 0. The van der Waals surface area contributed by atoms with E-state index in [9.17, 15) is 5.26 Å². The van der Waals surface area contributed by atoms with Crippen molar-refractivity contribution in [2.75, 3.05) is 7.11 Å². The number of rotatable bonds is 4. The fourth-order valence-corrected chi connectivity index (χ4v) is 4.46. The van der Waals surface area contributed by atoms with Crippen LogP contribution in [-0.2, 0) is 30.0 Å². The number of fused-ring (bicyclic) bond motifs is 2. The predicted octanol–water partition coefficient (Wildman–Crippen LogP) is 4.75. The minimum atomic E-state index is -0.550. The van der Waals surface area contributed by atoms with Crippen molar-refractivity contribution in [3.63, 3.8) is 0 Å². The number of hydrogen-bond donors (Lipinski definition) is 1. The number of benzene rings is 2. The van der Waals surface area contributed by atoms with Gasteiger partial charge in [0, 0.05) is 42.9 Å². The van der Waals surface area contributed by atoms with Crippen LogP contribution in [0.4, 0.5) is 0 Å². The van der Waals surface area contributed by atoms with Crippen LogP contribution in [0.15, 0.2) is 36.5 Å². The van der Waals surface area contributed by atoms with E-state index in [4.69, 9.17) is 4.74 Å². The summed E-state index contributed by atoms with van der Waals surface area (Å²) in [5.41, 5.74) is 7.64. The third-order valence-electron chi connectivity index (χ3n) is 6.03. The molecule has 0 radical (unpaired) electrons. The predicted molar refractivity (Wildman–Crippen MR) is 107 cm³/mol. The van der Waals surface area contributed by atoms with Gasteiger partial charge in [-0.25, -0.2) is 0 Å². The molecule has 4 heteroatoms. The van der Waals surface area contributed by atoms with Crippen molar-refractivity contribution in [1.82, 2.24) is 9.88 Å².